The number of carbonyl (C=O) groups excluding carboxylic acids is 3. The third kappa shape index (κ3) is 5.72. The monoisotopic (exact) mass is 666 g/mol. The Bertz CT molecular complexity index is 1910. The number of oxazole rings is 2. The van der Waals surface area contributed by atoms with Crippen molar-refractivity contribution in [3.8, 4) is 17.3 Å². The number of benzene rings is 2. The van der Waals surface area contributed by atoms with Crippen LogP contribution in [0.2, 0.25) is 0 Å². The number of aryl methyl sites for hydroxylation is 1. The average molecular weight is 667 g/mol. The number of anilines is 1. The molecule has 4 aliphatic rings. The van der Waals surface area contributed by atoms with Crippen LogP contribution in [0.5, 0.6) is 5.75 Å². The second kappa shape index (κ2) is 12.7. The van der Waals surface area contributed by atoms with Gasteiger partial charge >= 0.3 is 0 Å². The molecule has 4 N–H and O–H groups in total. The third-order valence-electron chi connectivity index (χ3n) is 9.57. The zero-order chi connectivity index (χ0) is 34.4. The van der Waals surface area contributed by atoms with E-state index in [4.69, 9.17) is 24.3 Å². The smallest absolute Gasteiger partial charge is 0.275 e. The first-order valence-corrected chi connectivity index (χ1v) is 17.1. The summed E-state index contributed by atoms with van der Waals surface area (Å²) in [5.74, 6) is 1.71. The molecule has 0 aliphatic carbocycles. The molecule has 2 aromatic heterocycles. The van der Waals surface area contributed by atoms with Gasteiger partial charge in [0.05, 0.1) is 0 Å². The number of nitrogens with zero attached hydrogens (tertiary/aromatic N) is 3. The number of para-hydroxylation sites is 1. The molecule has 6 heterocycles. The molecule has 1 fully saturated rings. The number of ether oxygens (including phenoxy) is 1. The Balaban J connectivity index is 0.000000491. The normalized spacial score (nSPS) is 21.8. The summed E-state index contributed by atoms with van der Waals surface area (Å²) in [6.07, 6.45) is 4.25. The molecule has 3 unspecified atom stereocenters. The molecule has 1 saturated heterocycles. The van der Waals surface area contributed by atoms with E-state index in [0.717, 1.165) is 41.0 Å². The third-order valence-corrected chi connectivity index (χ3v) is 9.57. The van der Waals surface area contributed by atoms with Crippen molar-refractivity contribution < 1.29 is 28.0 Å². The van der Waals surface area contributed by atoms with Gasteiger partial charge in [-0.2, -0.15) is 0 Å². The summed E-state index contributed by atoms with van der Waals surface area (Å²) in [7, 11) is 0. The molecule has 4 aliphatic heterocycles. The van der Waals surface area contributed by atoms with Crippen LogP contribution in [-0.2, 0) is 21.4 Å². The van der Waals surface area contributed by atoms with E-state index in [2.05, 4.69) is 27.8 Å². The van der Waals surface area contributed by atoms with Gasteiger partial charge in [0.15, 0.2) is 23.4 Å². The van der Waals surface area contributed by atoms with Gasteiger partial charge in [-0.15, -0.1) is 0 Å². The Morgan fingerprint density at radius 3 is 2.51 bits per heavy atom. The topological polar surface area (TPSA) is 166 Å². The SMILES string of the molecule is CC(C)C1NC(=O)CCc2ccc3c(c2)C2(c4ccccc4NC2O3)c2oc1nc2-c1nc(C(=O)N2CCCC2)co1.CC(C)CC(N)=O. The lowest BCUT2D eigenvalue weighted by Crippen LogP contribution is -2.40. The van der Waals surface area contributed by atoms with Crippen molar-refractivity contribution >= 4 is 23.4 Å². The zero-order valence-corrected chi connectivity index (χ0v) is 28.2. The molecule has 4 bridgehead atoms. The number of nitrogens with one attached hydrogen (secondary N) is 2. The summed E-state index contributed by atoms with van der Waals surface area (Å²) in [6, 6.07) is 13.7. The minimum Gasteiger partial charge on any atom is -0.469 e. The molecule has 49 heavy (non-hydrogen) atoms. The predicted octanol–water partition coefficient (Wildman–Crippen LogP) is 5.32. The number of fused-ring (bicyclic) bond motifs is 4. The van der Waals surface area contributed by atoms with Crippen LogP contribution in [-0.4, -0.2) is 51.9 Å². The predicted molar refractivity (Wildman–Crippen MR) is 181 cm³/mol. The summed E-state index contributed by atoms with van der Waals surface area (Å²) in [5, 5.41) is 6.71. The second-order valence-corrected chi connectivity index (χ2v) is 13.9. The molecule has 256 valence electrons. The fourth-order valence-electron chi connectivity index (χ4n) is 7.25. The standard InChI is InChI=1S/C32H31N5O5.C5H11NO/c1-17(2)25-29-36-26(28-33-22(16-40-28)30(39)37-13-5-6-14-37)27(42-29)32-19-7-3-4-8-21(19)34-31(32)41-23-11-9-18(15-20(23)32)10-12-24(38)35-25;1-4(2)3-5(6)7/h3-4,7-9,11,15-17,25,31,34H,5-6,10,12-14H2,1-2H3,(H,35,38);4H,3H2,1-2H3,(H2,6,7). The Labute approximate surface area is 284 Å². The molecule has 3 amide bonds. The van der Waals surface area contributed by atoms with Crippen molar-refractivity contribution in [1.29, 1.82) is 0 Å². The minimum atomic E-state index is -0.916. The number of nitrogens with two attached hydrogens (primary N) is 1. The number of rotatable bonds is 5. The van der Waals surface area contributed by atoms with E-state index in [1.165, 1.54) is 6.26 Å². The van der Waals surface area contributed by atoms with E-state index in [9.17, 15) is 14.4 Å². The van der Waals surface area contributed by atoms with Crippen LogP contribution in [0.15, 0.2) is 57.6 Å². The molecule has 0 radical (unpaired) electrons. The van der Waals surface area contributed by atoms with E-state index < -0.39 is 17.7 Å². The van der Waals surface area contributed by atoms with E-state index >= 15 is 0 Å². The van der Waals surface area contributed by atoms with E-state index in [-0.39, 0.29) is 35.2 Å². The molecule has 0 saturated carbocycles. The summed E-state index contributed by atoms with van der Waals surface area (Å²) in [6.45, 7) is 9.38. The molecular weight excluding hydrogens is 624 g/mol. The molecule has 4 aromatic rings. The maximum atomic E-state index is 13.2. The van der Waals surface area contributed by atoms with Gasteiger partial charge in [-0.05, 0) is 54.4 Å². The molecule has 2 aromatic carbocycles. The number of hydrogen-bond donors (Lipinski definition) is 3. The quantitative estimate of drug-likeness (QED) is 0.256. The second-order valence-electron chi connectivity index (χ2n) is 13.9. The Hall–Kier alpha value is -5.13. The van der Waals surface area contributed by atoms with Crippen molar-refractivity contribution in [2.24, 2.45) is 17.6 Å². The molecule has 8 rings (SSSR count). The van der Waals surface area contributed by atoms with Crippen LogP contribution in [0.25, 0.3) is 11.6 Å². The van der Waals surface area contributed by atoms with Crippen LogP contribution >= 0.6 is 0 Å². The van der Waals surface area contributed by atoms with Crippen LogP contribution < -0.4 is 21.1 Å². The van der Waals surface area contributed by atoms with Crippen molar-refractivity contribution in [1.82, 2.24) is 20.2 Å². The van der Waals surface area contributed by atoms with Gasteiger partial charge in [-0.3, -0.25) is 14.4 Å². The highest BCUT2D eigenvalue weighted by Gasteiger charge is 2.61. The molecule has 3 atom stereocenters. The van der Waals surface area contributed by atoms with Gasteiger partial charge in [0.2, 0.25) is 23.6 Å². The summed E-state index contributed by atoms with van der Waals surface area (Å²) < 4.78 is 19.3. The van der Waals surface area contributed by atoms with Crippen molar-refractivity contribution in [2.45, 2.75) is 77.5 Å². The summed E-state index contributed by atoms with van der Waals surface area (Å²) in [4.78, 5) is 47.7. The first-order valence-electron chi connectivity index (χ1n) is 17.1. The van der Waals surface area contributed by atoms with Crippen LogP contribution in [0.1, 0.15) is 98.2 Å². The first-order chi connectivity index (χ1) is 23.6. The van der Waals surface area contributed by atoms with Crippen molar-refractivity contribution in [3.63, 3.8) is 0 Å². The maximum Gasteiger partial charge on any atom is 0.275 e. The van der Waals surface area contributed by atoms with E-state index in [1.807, 2.05) is 58.0 Å². The lowest BCUT2D eigenvalue weighted by molar-refractivity contribution is -0.122. The number of primary amides is 1. The number of aromatic nitrogens is 2. The Morgan fingerprint density at radius 2 is 1.80 bits per heavy atom. The lowest BCUT2D eigenvalue weighted by Gasteiger charge is -2.27. The minimum absolute atomic E-state index is 0.0105. The number of hydrogen-bond acceptors (Lipinski definition) is 9. The molecular formula is C37H42N6O6. The van der Waals surface area contributed by atoms with Gasteiger partial charge in [0.25, 0.3) is 5.91 Å². The highest BCUT2D eigenvalue weighted by molar-refractivity contribution is 5.92. The molecule has 12 heteroatoms. The van der Waals surface area contributed by atoms with Gasteiger partial charge in [-0.1, -0.05) is 58.0 Å². The fourth-order valence-corrected chi connectivity index (χ4v) is 7.25. The van der Waals surface area contributed by atoms with Crippen LogP contribution in [0.4, 0.5) is 5.69 Å². The fraction of sp³-hybridized carbons (Fsp3) is 0.432. The van der Waals surface area contributed by atoms with Gasteiger partial charge < -0.3 is 34.8 Å². The maximum absolute atomic E-state index is 13.2. The zero-order valence-electron chi connectivity index (χ0n) is 28.2. The van der Waals surface area contributed by atoms with Crippen LogP contribution in [0, 0.1) is 11.8 Å². The van der Waals surface area contributed by atoms with Crippen molar-refractivity contribution in [3.05, 3.63) is 82.8 Å². The van der Waals surface area contributed by atoms with Crippen LogP contribution in [0.3, 0.4) is 0 Å². The van der Waals surface area contributed by atoms with E-state index in [0.29, 0.717) is 55.6 Å². The molecule has 12 nitrogen and oxygen atoms in total. The van der Waals surface area contributed by atoms with Gasteiger partial charge in [-0.25, -0.2) is 9.97 Å². The number of carbonyl (C=O) groups is 3. The average Bonchev–Trinajstić information content (AvgIpc) is 3.89. The highest BCUT2D eigenvalue weighted by Crippen LogP contribution is 2.59. The number of amides is 3. The Kier molecular flexibility index (Phi) is 8.41. The van der Waals surface area contributed by atoms with Crippen molar-refractivity contribution in [2.75, 3.05) is 18.4 Å². The largest absolute Gasteiger partial charge is 0.469 e. The summed E-state index contributed by atoms with van der Waals surface area (Å²) >= 11 is 0. The summed E-state index contributed by atoms with van der Waals surface area (Å²) in [5.41, 5.74) is 8.42. The van der Waals surface area contributed by atoms with Gasteiger partial charge in [0, 0.05) is 37.2 Å². The first kappa shape index (κ1) is 32.4. The Morgan fingerprint density at radius 1 is 1.02 bits per heavy atom. The van der Waals surface area contributed by atoms with Gasteiger partial charge in [0.1, 0.15) is 23.5 Å². The van der Waals surface area contributed by atoms with E-state index in [1.54, 1.807) is 4.90 Å². The lowest BCUT2D eigenvalue weighted by atomic mass is 9.72. The molecule has 1 spiro atoms. The highest BCUT2D eigenvalue weighted by atomic mass is 16.5. The number of likely N-dealkylation sites (tertiary alicyclic amines) is 1.